The number of carbonyl (C=O) groups is 1. The quantitative estimate of drug-likeness (QED) is 0.880. The highest BCUT2D eigenvalue weighted by Gasteiger charge is 2.21. The van der Waals surface area contributed by atoms with E-state index in [2.05, 4.69) is 4.98 Å². The zero-order valence-corrected chi connectivity index (χ0v) is 12.8. The van der Waals surface area contributed by atoms with Crippen LogP contribution in [-0.2, 0) is 6.54 Å². The van der Waals surface area contributed by atoms with Crippen LogP contribution < -0.4 is 5.73 Å². The minimum Gasteiger partial charge on any atom is -0.398 e. The zero-order valence-electron chi connectivity index (χ0n) is 12.0. The molecule has 0 radical (unpaired) electrons. The second-order valence-corrected chi connectivity index (χ2v) is 6.20. The van der Waals surface area contributed by atoms with Crippen molar-refractivity contribution in [2.24, 2.45) is 0 Å². The molecule has 1 aromatic carbocycles. The van der Waals surface area contributed by atoms with Crippen LogP contribution in [-0.4, -0.2) is 21.8 Å². The van der Waals surface area contributed by atoms with Crippen LogP contribution in [0.2, 0.25) is 0 Å². The maximum Gasteiger partial charge on any atom is 0.266 e. The highest BCUT2D eigenvalue weighted by atomic mass is 32.1. The topological polar surface area (TPSA) is 59.2 Å². The molecular formula is C15H19N3OS. The molecule has 2 aromatic rings. The molecule has 1 heterocycles. The van der Waals surface area contributed by atoms with Gasteiger partial charge in [0, 0.05) is 18.3 Å². The summed E-state index contributed by atoms with van der Waals surface area (Å²) >= 11 is 1.42. The first-order chi connectivity index (χ1) is 9.49. The molecule has 0 unspecified atom stereocenters. The van der Waals surface area contributed by atoms with Crippen molar-refractivity contribution in [1.29, 1.82) is 0 Å². The predicted octanol–water partition coefficient (Wildman–Crippen LogP) is 3.08. The number of nitrogen functional groups attached to an aromatic ring is 1. The van der Waals surface area contributed by atoms with E-state index in [1.54, 1.807) is 6.20 Å². The third kappa shape index (κ3) is 3.17. The van der Waals surface area contributed by atoms with Gasteiger partial charge in [-0.3, -0.25) is 4.79 Å². The molecule has 0 atom stereocenters. The highest BCUT2D eigenvalue weighted by molar-refractivity contribution is 7.13. The number of nitrogens with zero attached hydrogens (tertiary/aromatic N) is 2. The lowest BCUT2D eigenvalue weighted by Crippen LogP contribution is -2.36. The predicted molar refractivity (Wildman–Crippen MR) is 82.7 cm³/mol. The van der Waals surface area contributed by atoms with Gasteiger partial charge in [-0.25, -0.2) is 4.98 Å². The van der Waals surface area contributed by atoms with E-state index in [1.165, 1.54) is 11.3 Å². The smallest absolute Gasteiger partial charge is 0.266 e. The van der Waals surface area contributed by atoms with Gasteiger partial charge in [-0.15, -0.1) is 11.3 Å². The Hall–Kier alpha value is -1.88. The Labute approximate surface area is 123 Å². The highest BCUT2D eigenvalue weighted by Crippen LogP contribution is 2.20. The second-order valence-electron chi connectivity index (χ2n) is 4.97. The fourth-order valence-corrected chi connectivity index (χ4v) is 2.69. The van der Waals surface area contributed by atoms with Crippen LogP contribution >= 0.6 is 11.3 Å². The standard InChI is InChI=1S/C15H19N3OS/c1-10(2)18(9-12-6-4-5-7-13(12)16)15(19)14-8-17-11(3)20-14/h4-8,10H,9,16H2,1-3H3. The molecule has 4 nitrogen and oxygen atoms in total. The fourth-order valence-electron chi connectivity index (χ4n) is 1.95. The summed E-state index contributed by atoms with van der Waals surface area (Å²) in [5, 5.41) is 0.899. The number of thiazole rings is 1. The molecular weight excluding hydrogens is 270 g/mol. The van der Waals surface area contributed by atoms with Crippen LogP contribution in [0.1, 0.15) is 34.1 Å². The van der Waals surface area contributed by atoms with Crippen molar-refractivity contribution < 1.29 is 4.79 Å². The summed E-state index contributed by atoms with van der Waals surface area (Å²) in [5.74, 6) is 0.00820. The van der Waals surface area contributed by atoms with Gasteiger partial charge in [0.1, 0.15) is 4.88 Å². The molecule has 0 bridgehead atoms. The molecule has 0 spiro atoms. The van der Waals surface area contributed by atoms with Crippen LogP contribution in [0, 0.1) is 6.92 Å². The molecule has 0 aliphatic heterocycles. The summed E-state index contributed by atoms with van der Waals surface area (Å²) in [7, 11) is 0. The number of carbonyl (C=O) groups excluding carboxylic acids is 1. The van der Waals surface area contributed by atoms with Crippen molar-refractivity contribution in [3.63, 3.8) is 0 Å². The van der Waals surface area contributed by atoms with Gasteiger partial charge >= 0.3 is 0 Å². The first-order valence-electron chi connectivity index (χ1n) is 6.56. The van der Waals surface area contributed by atoms with Gasteiger partial charge in [-0.1, -0.05) is 18.2 Å². The lowest BCUT2D eigenvalue weighted by Gasteiger charge is -2.26. The average Bonchev–Trinajstić information content (AvgIpc) is 2.83. The molecule has 20 heavy (non-hydrogen) atoms. The molecule has 2 N–H and O–H groups in total. The number of aryl methyl sites for hydroxylation is 1. The Kier molecular flexibility index (Phi) is 4.39. The number of aromatic nitrogens is 1. The van der Waals surface area contributed by atoms with E-state index in [-0.39, 0.29) is 11.9 Å². The van der Waals surface area contributed by atoms with E-state index >= 15 is 0 Å². The number of hydrogen-bond acceptors (Lipinski definition) is 4. The molecule has 5 heteroatoms. The molecule has 0 aliphatic rings. The summed E-state index contributed by atoms with van der Waals surface area (Å²) in [6.45, 7) is 6.42. The van der Waals surface area contributed by atoms with E-state index in [4.69, 9.17) is 5.73 Å². The lowest BCUT2D eigenvalue weighted by atomic mass is 10.1. The third-order valence-corrected chi connectivity index (χ3v) is 4.01. The van der Waals surface area contributed by atoms with E-state index in [0.29, 0.717) is 17.1 Å². The van der Waals surface area contributed by atoms with Crippen LogP contribution in [0.25, 0.3) is 0 Å². The normalized spacial score (nSPS) is 10.8. The number of amides is 1. The first-order valence-corrected chi connectivity index (χ1v) is 7.37. The van der Waals surface area contributed by atoms with Gasteiger partial charge in [0.2, 0.25) is 0 Å². The summed E-state index contributed by atoms with van der Waals surface area (Å²) in [4.78, 5) is 19.2. The lowest BCUT2D eigenvalue weighted by molar-refractivity contribution is 0.0695. The maximum absolute atomic E-state index is 12.6. The van der Waals surface area contributed by atoms with Crippen LogP contribution in [0.4, 0.5) is 5.69 Å². The minimum absolute atomic E-state index is 0.00820. The largest absolute Gasteiger partial charge is 0.398 e. The molecule has 0 saturated carbocycles. The van der Waals surface area contributed by atoms with Crippen molar-refractivity contribution >= 4 is 22.9 Å². The first kappa shape index (κ1) is 14.5. The van der Waals surface area contributed by atoms with Crippen molar-refractivity contribution in [1.82, 2.24) is 9.88 Å². The number of nitrogens with two attached hydrogens (primary N) is 1. The van der Waals surface area contributed by atoms with Gasteiger partial charge < -0.3 is 10.6 Å². The van der Waals surface area contributed by atoms with E-state index in [1.807, 2.05) is 49.9 Å². The number of rotatable bonds is 4. The Morgan fingerprint density at radius 3 is 2.65 bits per heavy atom. The van der Waals surface area contributed by atoms with Gasteiger partial charge in [0.05, 0.1) is 11.2 Å². The Bertz CT molecular complexity index is 607. The number of hydrogen-bond donors (Lipinski definition) is 1. The van der Waals surface area contributed by atoms with Crippen molar-refractivity contribution in [2.75, 3.05) is 5.73 Å². The van der Waals surface area contributed by atoms with E-state index in [0.717, 1.165) is 10.6 Å². The Balaban J connectivity index is 2.24. The SMILES string of the molecule is Cc1ncc(C(=O)N(Cc2ccccc2N)C(C)C)s1. The summed E-state index contributed by atoms with van der Waals surface area (Å²) in [6, 6.07) is 7.74. The van der Waals surface area contributed by atoms with Gasteiger partial charge in [0.15, 0.2) is 0 Å². The fraction of sp³-hybridized carbons (Fsp3) is 0.333. The van der Waals surface area contributed by atoms with Crippen molar-refractivity contribution in [3.05, 3.63) is 45.9 Å². The van der Waals surface area contributed by atoms with E-state index in [9.17, 15) is 4.79 Å². The average molecular weight is 289 g/mol. The Morgan fingerprint density at radius 2 is 2.10 bits per heavy atom. The van der Waals surface area contributed by atoms with Gasteiger partial charge in [0.25, 0.3) is 5.91 Å². The number of para-hydroxylation sites is 1. The van der Waals surface area contributed by atoms with Crippen molar-refractivity contribution in [2.45, 2.75) is 33.4 Å². The molecule has 1 aromatic heterocycles. The monoisotopic (exact) mass is 289 g/mol. The molecule has 106 valence electrons. The molecule has 0 saturated heterocycles. The van der Waals surface area contributed by atoms with E-state index < -0.39 is 0 Å². The zero-order chi connectivity index (χ0) is 14.7. The summed E-state index contributed by atoms with van der Waals surface area (Å²) < 4.78 is 0. The third-order valence-electron chi connectivity index (χ3n) is 3.11. The molecule has 0 aliphatic carbocycles. The number of anilines is 1. The van der Waals surface area contributed by atoms with Crippen molar-refractivity contribution in [3.8, 4) is 0 Å². The van der Waals surface area contributed by atoms with Crippen LogP contribution in [0.3, 0.4) is 0 Å². The molecule has 0 fully saturated rings. The summed E-state index contributed by atoms with van der Waals surface area (Å²) in [5.41, 5.74) is 7.65. The van der Waals surface area contributed by atoms with Gasteiger partial charge in [-0.05, 0) is 32.4 Å². The molecule has 2 rings (SSSR count). The maximum atomic E-state index is 12.6. The number of benzene rings is 1. The van der Waals surface area contributed by atoms with Gasteiger partial charge in [-0.2, -0.15) is 0 Å². The molecule has 1 amide bonds. The second kappa shape index (κ2) is 6.05. The van der Waals surface area contributed by atoms with Crippen LogP contribution in [0.5, 0.6) is 0 Å². The van der Waals surface area contributed by atoms with Crippen LogP contribution in [0.15, 0.2) is 30.5 Å². The minimum atomic E-state index is 0.00820. The Morgan fingerprint density at radius 1 is 1.40 bits per heavy atom. The summed E-state index contributed by atoms with van der Waals surface area (Å²) in [6.07, 6.45) is 1.64.